The number of aromatic nitrogens is 2. The molecule has 112 valence electrons. The summed E-state index contributed by atoms with van der Waals surface area (Å²) >= 11 is 0. The topological polar surface area (TPSA) is 99.7 Å². The first-order chi connectivity index (χ1) is 9.49. The quantitative estimate of drug-likeness (QED) is 0.386. The second kappa shape index (κ2) is 7.43. The summed E-state index contributed by atoms with van der Waals surface area (Å²) in [6.07, 6.45) is 1.45. The SMILES string of the molecule is COCCN(CCC(=O)OC)c1nn(C)cc1[N+](=O)[O-]. The van der Waals surface area contributed by atoms with Crippen LogP contribution < -0.4 is 4.90 Å². The number of ether oxygens (including phenoxy) is 2. The fourth-order valence-corrected chi connectivity index (χ4v) is 1.67. The predicted octanol–water partition coefficient (Wildman–Crippen LogP) is 0.344. The van der Waals surface area contributed by atoms with Gasteiger partial charge in [-0.3, -0.25) is 19.6 Å². The molecule has 1 heterocycles. The second-order valence-electron chi connectivity index (χ2n) is 4.07. The highest BCUT2D eigenvalue weighted by Crippen LogP contribution is 2.25. The Morgan fingerprint density at radius 1 is 1.50 bits per heavy atom. The molecule has 0 bridgehead atoms. The number of esters is 1. The van der Waals surface area contributed by atoms with Crippen molar-refractivity contribution in [1.29, 1.82) is 0 Å². The Hall–Kier alpha value is -2.16. The van der Waals surface area contributed by atoms with Gasteiger partial charge in [-0.25, -0.2) is 0 Å². The van der Waals surface area contributed by atoms with Crippen molar-refractivity contribution in [2.75, 3.05) is 38.8 Å². The average molecular weight is 286 g/mol. The van der Waals surface area contributed by atoms with Crippen LogP contribution >= 0.6 is 0 Å². The van der Waals surface area contributed by atoms with Gasteiger partial charge in [-0.05, 0) is 0 Å². The molecular weight excluding hydrogens is 268 g/mol. The van der Waals surface area contributed by atoms with Gasteiger partial charge in [0.1, 0.15) is 6.20 Å². The fraction of sp³-hybridized carbons (Fsp3) is 0.636. The first-order valence-electron chi connectivity index (χ1n) is 5.98. The lowest BCUT2D eigenvalue weighted by Gasteiger charge is -2.20. The van der Waals surface area contributed by atoms with Gasteiger partial charge in [0.25, 0.3) is 0 Å². The number of rotatable bonds is 8. The summed E-state index contributed by atoms with van der Waals surface area (Å²) in [5.74, 6) is -0.163. The molecule has 0 spiro atoms. The second-order valence-corrected chi connectivity index (χ2v) is 4.07. The van der Waals surface area contributed by atoms with Crippen molar-refractivity contribution in [3.05, 3.63) is 16.3 Å². The molecule has 0 saturated carbocycles. The van der Waals surface area contributed by atoms with Gasteiger partial charge in [-0.2, -0.15) is 0 Å². The Labute approximate surface area is 116 Å². The monoisotopic (exact) mass is 286 g/mol. The molecule has 0 fully saturated rings. The van der Waals surface area contributed by atoms with Gasteiger partial charge in [0.2, 0.25) is 5.82 Å². The molecule has 1 aromatic rings. The summed E-state index contributed by atoms with van der Waals surface area (Å²) in [6, 6.07) is 0. The molecule has 1 rings (SSSR count). The molecule has 0 N–H and O–H groups in total. The molecule has 0 aliphatic carbocycles. The molecule has 0 atom stereocenters. The van der Waals surface area contributed by atoms with Gasteiger partial charge in [0, 0.05) is 27.2 Å². The summed E-state index contributed by atoms with van der Waals surface area (Å²) in [5.41, 5.74) is -0.103. The number of carbonyl (C=O) groups is 1. The lowest BCUT2D eigenvalue weighted by molar-refractivity contribution is -0.384. The number of hydrogen-bond donors (Lipinski definition) is 0. The molecule has 0 aromatic carbocycles. The summed E-state index contributed by atoms with van der Waals surface area (Å²) in [7, 11) is 4.43. The van der Waals surface area contributed by atoms with Gasteiger partial charge in [0.15, 0.2) is 0 Å². The molecule has 0 saturated heterocycles. The lowest BCUT2D eigenvalue weighted by atomic mass is 10.3. The third-order valence-corrected chi connectivity index (χ3v) is 2.67. The van der Waals surface area contributed by atoms with Crippen molar-refractivity contribution in [1.82, 2.24) is 9.78 Å². The minimum atomic E-state index is -0.500. The number of nitro groups is 1. The predicted molar refractivity (Wildman–Crippen MR) is 70.6 cm³/mol. The van der Waals surface area contributed by atoms with Crippen LogP contribution in [0, 0.1) is 10.1 Å². The Morgan fingerprint density at radius 2 is 2.20 bits per heavy atom. The Kier molecular flexibility index (Phi) is 5.91. The minimum Gasteiger partial charge on any atom is -0.469 e. The van der Waals surface area contributed by atoms with E-state index >= 15 is 0 Å². The van der Waals surface area contributed by atoms with Crippen LogP contribution in [0.4, 0.5) is 11.5 Å². The molecule has 0 amide bonds. The fourth-order valence-electron chi connectivity index (χ4n) is 1.67. The van der Waals surface area contributed by atoms with Crippen LogP contribution in [-0.2, 0) is 21.3 Å². The van der Waals surface area contributed by atoms with Crippen LogP contribution in [0.15, 0.2) is 6.20 Å². The van der Waals surface area contributed by atoms with Crippen LogP contribution in [0.25, 0.3) is 0 Å². The highest BCUT2D eigenvalue weighted by molar-refractivity contribution is 5.70. The van der Waals surface area contributed by atoms with Crippen LogP contribution in [0.1, 0.15) is 6.42 Å². The number of anilines is 1. The maximum absolute atomic E-state index is 11.2. The molecule has 20 heavy (non-hydrogen) atoms. The molecule has 9 heteroatoms. The van der Waals surface area contributed by atoms with Crippen molar-refractivity contribution in [2.45, 2.75) is 6.42 Å². The van der Waals surface area contributed by atoms with E-state index in [0.29, 0.717) is 13.2 Å². The van der Waals surface area contributed by atoms with Crippen molar-refractivity contribution in [3.8, 4) is 0 Å². The lowest BCUT2D eigenvalue weighted by Crippen LogP contribution is -2.30. The molecule has 9 nitrogen and oxygen atoms in total. The maximum Gasteiger partial charge on any atom is 0.330 e. The number of nitrogens with zero attached hydrogens (tertiary/aromatic N) is 4. The zero-order valence-electron chi connectivity index (χ0n) is 11.7. The molecule has 0 radical (unpaired) electrons. The number of methoxy groups -OCH3 is 2. The Bertz CT molecular complexity index is 473. The normalized spacial score (nSPS) is 10.3. The van der Waals surface area contributed by atoms with Crippen molar-refractivity contribution >= 4 is 17.5 Å². The molecule has 0 aliphatic heterocycles. The van der Waals surface area contributed by atoms with Gasteiger partial charge in [-0.1, -0.05) is 0 Å². The van der Waals surface area contributed by atoms with Gasteiger partial charge < -0.3 is 14.4 Å². The maximum atomic E-state index is 11.2. The van der Waals surface area contributed by atoms with Gasteiger partial charge in [-0.15, -0.1) is 5.10 Å². The van der Waals surface area contributed by atoms with E-state index in [1.165, 1.54) is 25.1 Å². The highest BCUT2D eigenvalue weighted by Gasteiger charge is 2.24. The third-order valence-electron chi connectivity index (χ3n) is 2.67. The number of hydrogen-bond acceptors (Lipinski definition) is 7. The van der Waals surface area contributed by atoms with E-state index in [0.717, 1.165) is 0 Å². The van der Waals surface area contributed by atoms with E-state index in [9.17, 15) is 14.9 Å². The van der Waals surface area contributed by atoms with Gasteiger partial charge in [0.05, 0.1) is 25.1 Å². The first-order valence-corrected chi connectivity index (χ1v) is 5.98. The standard InChI is InChI=1S/C11H18N4O5/c1-13-8-9(15(17)18)11(12-13)14(6-7-19-2)5-4-10(16)20-3/h8H,4-7H2,1-3H3. The first kappa shape index (κ1) is 15.9. The van der Waals surface area contributed by atoms with Gasteiger partial charge >= 0.3 is 11.7 Å². The summed E-state index contributed by atoms with van der Waals surface area (Å²) in [6.45, 7) is 1.04. The summed E-state index contributed by atoms with van der Waals surface area (Å²) in [5, 5.41) is 15.1. The van der Waals surface area contributed by atoms with Crippen LogP contribution in [0.2, 0.25) is 0 Å². The molecular formula is C11H18N4O5. The van der Waals surface area contributed by atoms with E-state index in [1.807, 2.05) is 0 Å². The van der Waals surface area contributed by atoms with Crippen LogP contribution in [0.3, 0.4) is 0 Å². The van der Waals surface area contributed by atoms with E-state index in [-0.39, 0.29) is 30.4 Å². The minimum absolute atomic E-state index is 0.103. The summed E-state index contributed by atoms with van der Waals surface area (Å²) in [4.78, 5) is 23.4. The van der Waals surface area contributed by atoms with E-state index < -0.39 is 4.92 Å². The molecule has 0 aliphatic rings. The number of carbonyl (C=O) groups excluding carboxylic acids is 1. The van der Waals surface area contributed by atoms with Crippen molar-refractivity contribution < 1.29 is 19.2 Å². The summed E-state index contributed by atoms with van der Waals surface area (Å²) < 4.78 is 10.9. The zero-order valence-corrected chi connectivity index (χ0v) is 11.7. The van der Waals surface area contributed by atoms with E-state index in [4.69, 9.17) is 4.74 Å². The van der Waals surface area contributed by atoms with E-state index in [1.54, 1.807) is 11.9 Å². The Morgan fingerprint density at radius 3 is 2.75 bits per heavy atom. The van der Waals surface area contributed by atoms with Crippen LogP contribution in [-0.4, -0.2) is 54.6 Å². The largest absolute Gasteiger partial charge is 0.469 e. The zero-order chi connectivity index (χ0) is 15.1. The smallest absolute Gasteiger partial charge is 0.330 e. The molecule has 0 unspecified atom stereocenters. The highest BCUT2D eigenvalue weighted by atomic mass is 16.6. The van der Waals surface area contributed by atoms with E-state index in [2.05, 4.69) is 9.84 Å². The van der Waals surface area contributed by atoms with Crippen LogP contribution in [0.5, 0.6) is 0 Å². The Balaban J connectivity index is 2.91. The van der Waals surface area contributed by atoms with Crippen molar-refractivity contribution in [2.24, 2.45) is 7.05 Å². The average Bonchev–Trinajstić information content (AvgIpc) is 2.80. The third kappa shape index (κ3) is 4.19. The molecule has 1 aromatic heterocycles. The number of aryl methyl sites for hydroxylation is 1. The van der Waals surface area contributed by atoms with Crippen molar-refractivity contribution in [3.63, 3.8) is 0 Å².